The number of hydrogen-bond donors (Lipinski definition) is 1. The molecular weight excluding hydrogens is 188 g/mol. The molecular formula is C12H18N2O. The lowest BCUT2D eigenvalue weighted by Crippen LogP contribution is -2.34. The molecule has 0 aromatic heterocycles. The Morgan fingerprint density at radius 3 is 2.27 bits per heavy atom. The van der Waals surface area contributed by atoms with Crippen molar-refractivity contribution in [2.75, 3.05) is 7.05 Å². The molecule has 0 aliphatic rings. The van der Waals surface area contributed by atoms with Gasteiger partial charge in [-0.1, -0.05) is 12.1 Å². The second kappa shape index (κ2) is 4.45. The van der Waals surface area contributed by atoms with Crippen LogP contribution in [0.2, 0.25) is 0 Å². The van der Waals surface area contributed by atoms with Gasteiger partial charge in [-0.15, -0.1) is 0 Å². The predicted octanol–water partition coefficient (Wildman–Crippen LogP) is 1.49. The molecule has 1 rings (SSSR count). The van der Waals surface area contributed by atoms with Crippen LogP contribution in [0.15, 0.2) is 12.1 Å². The van der Waals surface area contributed by atoms with E-state index in [1.54, 1.807) is 7.05 Å². The Hall–Kier alpha value is -1.35. The van der Waals surface area contributed by atoms with Crippen molar-refractivity contribution in [3.63, 3.8) is 0 Å². The maximum absolute atomic E-state index is 11.5. The number of nitrogens with two attached hydrogens (primary N) is 1. The quantitative estimate of drug-likeness (QED) is 0.452. The predicted molar refractivity (Wildman–Crippen MR) is 61.3 cm³/mol. The Balaban J connectivity index is 2.96. The molecule has 3 heteroatoms. The lowest BCUT2D eigenvalue weighted by atomic mass is 9.98. The fraction of sp³-hybridized carbons (Fsp3) is 0.417. The monoisotopic (exact) mass is 206 g/mol. The van der Waals surface area contributed by atoms with Crippen molar-refractivity contribution in [2.24, 2.45) is 5.84 Å². The van der Waals surface area contributed by atoms with Crippen molar-refractivity contribution in [2.45, 2.75) is 27.2 Å². The first-order valence-corrected chi connectivity index (χ1v) is 4.99. The summed E-state index contributed by atoms with van der Waals surface area (Å²) < 4.78 is 0. The minimum absolute atomic E-state index is 0.0682. The van der Waals surface area contributed by atoms with Crippen LogP contribution in [0.5, 0.6) is 0 Å². The highest BCUT2D eigenvalue weighted by Crippen LogP contribution is 2.16. The maximum atomic E-state index is 11.5. The molecule has 0 spiro atoms. The first-order chi connectivity index (χ1) is 6.91. The van der Waals surface area contributed by atoms with Crippen molar-refractivity contribution >= 4 is 5.91 Å². The molecule has 2 N–H and O–H groups in total. The molecule has 15 heavy (non-hydrogen) atoms. The molecule has 0 radical (unpaired) electrons. The van der Waals surface area contributed by atoms with Crippen molar-refractivity contribution in [1.82, 2.24) is 5.01 Å². The Morgan fingerprint density at radius 2 is 1.73 bits per heavy atom. The third-order valence-corrected chi connectivity index (χ3v) is 2.69. The molecule has 0 atom stereocenters. The summed E-state index contributed by atoms with van der Waals surface area (Å²) in [6.45, 7) is 6.14. The van der Waals surface area contributed by atoms with Crippen LogP contribution >= 0.6 is 0 Å². The molecule has 0 fully saturated rings. The fourth-order valence-electron chi connectivity index (χ4n) is 1.50. The SMILES string of the molecule is Cc1cc(C)c(CC(=O)N(C)N)cc1C. The fourth-order valence-corrected chi connectivity index (χ4v) is 1.50. The zero-order valence-electron chi connectivity index (χ0n) is 9.79. The van der Waals surface area contributed by atoms with Crippen molar-refractivity contribution in [1.29, 1.82) is 0 Å². The first-order valence-electron chi connectivity index (χ1n) is 4.99. The summed E-state index contributed by atoms with van der Waals surface area (Å²) in [5, 5.41) is 1.13. The van der Waals surface area contributed by atoms with Gasteiger partial charge in [-0.25, -0.2) is 5.84 Å². The van der Waals surface area contributed by atoms with Gasteiger partial charge in [-0.2, -0.15) is 0 Å². The van der Waals surface area contributed by atoms with Gasteiger partial charge in [0, 0.05) is 7.05 Å². The van der Waals surface area contributed by atoms with Gasteiger partial charge in [-0.3, -0.25) is 9.80 Å². The van der Waals surface area contributed by atoms with Crippen LogP contribution in [0, 0.1) is 20.8 Å². The van der Waals surface area contributed by atoms with E-state index in [1.807, 2.05) is 6.92 Å². The summed E-state index contributed by atoms with van der Waals surface area (Å²) in [5.41, 5.74) is 4.67. The Labute approximate surface area is 90.9 Å². The van der Waals surface area contributed by atoms with E-state index in [0.717, 1.165) is 16.1 Å². The van der Waals surface area contributed by atoms with Gasteiger partial charge >= 0.3 is 0 Å². The van der Waals surface area contributed by atoms with Crippen molar-refractivity contribution < 1.29 is 4.79 Å². The van der Waals surface area contributed by atoms with Gasteiger partial charge < -0.3 is 0 Å². The summed E-state index contributed by atoms with van der Waals surface area (Å²) in [7, 11) is 1.57. The number of rotatable bonds is 2. The molecule has 0 aliphatic heterocycles. The Kier molecular flexibility index (Phi) is 3.48. The van der Waals surface area contributed by atoms with Crippen molar-refractivity contribution in [3.8, 4) is 0 Å². The topological polar surface area (TPSA) is 46.3 Å². The van der Waals surface area contributed by atoms with Gasteiger partial charge in [0.05, 0.1) is 6.42 Å². The van der Waals surface area contributed by atoms with Crippen LogP contribution in [0.3, 0.4) is 0 Å². The summed E-state index contributed by atoms with van der Waals surface area (Å²) in [6, 6.07) is 4.17. The number of carbonyl (C=O) groups is 1. The normalized spacial score (nSPS) is 10.2. The number of carbonyl (C=O) groups excluding carboxylic acids is 1. The van der Waals surface area contributed by atoms with E-state index in [0.29, 0.717) is 6.42 Å². The van der Waals surface area contributed by atoms with Crippen LogP contribution in [0.4, 0.5) is 0 Å². The summed E-state index contributed by atoms with van der Waals surface area (Å²) in [4.78, 5) is 11.5. The molecule has 1 amide bonds. The third-order valence-electron chi connectivity index (χ3n) is 2.69. The largest absolute Gasteiger partial charge is 0.284 e. The van der Waals surface area contributed by atoms with Crippen LogP contribution in [0.1, 0.15) is 22.3 Å². The molecule has 82 valence electrons. The number of hydrazine groups is 1. The molecule has 0 saturated heterocycles. The lowest BCUT2D eigenvalue weighted by Gasteiger charge is -2.13. The average molecular weight is 206 g/mol. The highest BCUT2D eigenvalue weighted by Gasteiger charge is 2.09. The second-order valence-corrected chi connectivity index (χ2v) is 4.04. The van der Waals surface area contributed by atoms with Crippen LogP contribution in [-0.4, -0.2) is 18.0 Å². The minimum Gasteiger partial charge on any atom is -0.284 e. The highest BCUT2D eigenvalue weighted by atomic mass is 16.2. The van der Waals surface area contributed by atoms with Crippen LogP contribution in [0.25, 0.3) is 0 Å². The molecule has 3 nitrogen and oxygen atoms in total. The highest BCUT2D eigenvalue weighted by molar-refractivity contribution is 5.78. The molecule has 1 aromatic rings. The number of hydrogen-bond acceptors (Lipinski definition) is 2. The van der Waals surface area contributed by atoms with E-state index >= 15 is 0 Å². The standard InChI is InChI=1S/C12H18N2O/c1-8-5-10(3)11(6-9(8)2)7-12(15)14(4)13/h5-6H,7,13H2,1-4H3. The number of nitrogens with zero attached hydrogens (tertiary/aromatic N) is 1. The minimum atomic E-state index is -0.0682. The van der Waals surface area contributed by atoms with Gasteiger partial charge in [0.2, 0.25) is 5.91 Å². The smallest absolute Gasteiger partial charge is 0.240 e. The van der Waals surface area contributed by atoms with Crippen molar-refractivity contribution in [3.05, 3.63) is 34.4 Å². The molecule has 0 bridgehead atoms. The number of amides is 1. The van der Waals surface area contributed by atoms with E-state index in [9.17, 15) is 4.79 Å². The number of likely N-dealkylation sites (N-methyl/N-ethyl adjacent to an activating group) is 1. The first kappa shape index (κ1) is 11.7. The van der Waals surface area contributed by atoms with Gasteiger partial charge in [-0.05, 0) is 43.0 Å². The molecule has 1 aromatic carbocycles. The zero-order chi connectivity index (χ0) is 11.6. The number of aryl methyl sites for hydroxylation is 3. The second-order valence-electron chi connectivity index (χ2n) is 4.04. The summed E-state index contributed by atoms with van der Waals surface area (Å²) in [5.74, 6) is 5.32. The molecule has 0 aliphatic carbocycles. The molecule has 0 unspecified atom stereocenters. The van der Waals surface area contributed by atoms with E-state index in [-0.39, 0.29) is 5.91 Å². The van der Waals surface area contributed by atoms with Gasteiger partial charge in [0.15, 0.2) is 0 Å². The Morgan fingerprint density at radius 1 is 1.20 bits per heavy atom. The number of benzene rings is 1. The van der Waals surface area contributed by atoms with E-state index in [2.05, 4.69) is 26.0 Å². The average Bonchev–Trinajstić information content (AvgIpc) is 2.13. The van der Waals surface area contributed by atoms with E-state index in [4.69, 9.17) is 5.84 Å². The van der Waals surface area contributed by atoms with E-state index < -0.39 is 0 Å². The summed E-state index contributed by atoms with van der Waals surface area (Å²) >= 11 is 0. The molecule has 0 heterocycles. The zero-order valence-corrected chi connectivity index (χ0v) is 9.79. The lowest BCUT2D eigenvalue weighted by molar-refractivity contribution is -0.129. The van der Waals surface area contributed by atoms with Gasteiger partial charge in [0.25, 0.3) is 0 Å². The Bertz CT molecular complexity index is 383. The van der Waals surface area contributed by atoms with Gasteiger partial charge in [0.1, 0.15) is 0 Å². The van der Waals surface area contributed by atoms with E-state index in [1.165, 1.54) is 11.1 Å². The van der Waals surface area contributed by atoms with Crippen LogP contribution in [-0.2, 0) is 11.2 Å². The van der Waals surface area contributed by atoms with Crippen LogP contribution < -0.4 is 5.84 Å². The maximum Gasteiger partial charge on any atom is 0.240 e. The third kappa shape index (κ3) is 2.80. The molecule has 0 saturated carbocycles. The summed E-state index contributed by atoms with van der Waals surface area (Å²) in [6.07, 6.45) is 0.375.